The summed E-state index contributed by atoms with van der Waals surface area (Å²) in [6, 6.07) is 0. The van der Waals surface area contributed by atoms with Crippen LogP contribution >= 0.6 is 0 Å². The van der Waals surface area contributed by atoms with Crippen LogP contribution < -0.4 is 0 Å². The summed E-state index contributed by atoms with van der Waals surface area (Å²) in [5.74, 6) is 0. The van der Waals surface area contributed by atoms with Crippen LogP contribution in [0, 0.1) is 0 Å². The molecule has 0 amide bonds. The van der Waals surface area contributed by atoms with Gasteiger partial charge in [-0.1, -0.05) is 0 Å². The Morgan fingerprint density at radius 2 is 1.40 bits per heavy atom. The monoisotopic (exact) mass is 286 g/mol. The van der Waals surface area contributed by atoms with Crippen LogP contribution in [0.2, 0.25) is 0 Å². The molecule has 28 valence electrons. The van der Waals surface area contributed by atoms with Crippen molar-refractivity contribution in [2.24, 2.45) is 0 Å². The second kappa shape index (κ2) is 4.83. The largest absolute Gasteiger partial charge is 1.00 e. The second-order valence-corrected chi connectivity index (χ2v) is 0.651. The maximum atomic E-state index is 8.56. The molecule has 0 aromatic rings. The maximum absolute atomic E-state index is 8.56. The Bertz CT molecular complexity index is 55.3. The van der Waals surface area contributed by atoms with E-state index >= 15 is 0 Å². The number of hydrogen-bond acceptors (Lipinski definition) is 3. The summed E-state index contributed by atoms with van der Waals surface area (Å²) in [5, 5.41) is 0. The SMILES string of the molecule is O=[S-](=O)O.[Tl+]. The van der Waals surface area contributed by atoms with Crippen LogP contribution in [0.4, 0.5) is 0 Å². The third-order valence-electron chi connectivity index (χ3n) is 0. The predicted molar refractivity (Wildman–Crippen MR) is 17.1 cm³/mol. The van der Waals surface area contributed by atoms with Gasteiger partial charge < -0.3 is 13.0 Å². The van der Waals surface area contributed by atoms with Gasteiger partial charge in [0.05, 0.1) is 0 Å². The standard InChI is InChI=1S/HO3S.Tl/c1-4(2)3;/h(H,1,2,3);/q-1;+1. The van der Waals surface area contributed by atoms with E-state index in [2.05, 4.69) is 0 Å². The molecule has 0 aliphatic rings. The predicted octanol–water partition coefficient (Wildman–Crippen LogP) is -0.612. The molecule has 0 fully saturated rings. The van der Waals surface area contributed by atoms with Crippen LogP contribution in [0.5, 0.6) is 0 Å². The van der Waals surface area contributed by atoms with E-state index in [1.165, 1.54) is 0 Å². The molecule has 0 aliphatic carbocycles. The Hall–Kier alpha value is 0.832. The molecule has 5 heavy (non-hydrogen) atoms. The zero-order valence-electron chi connectivity index (χ0n) is 2.25. The average Bonchev–Trinajstić information content (AvgIpc) is 0.811. The molecule has 0 saturated carbocycles. The van der Waals surface area contributed by atoms with Crippen LogP contribution in [-0.4, -0.2) is 31.9 Å². The second-order valence-electron chi connectivity index (χ2n) is 0.217. The zero-order valence-corrected chi connectivity index (χ0v) is 7.55. The van der Waals surface area contributed by atoms with Gasteiger partial charge >= 0.3 is 27.3 Å². The van der Waals surface area contributed by atoms with Crippen molar-refractivity contribution in [3.05, 3.63) is 0 Å². The number of rotatable bonds is 0. The Morgan fingerprint density at radius 3 is 1.40 bits per heavy atom. The van der Waals surface area contributed by atoms with E-state index in [-0.39, 0.29) is 27.3 Å². The molecule has 0 radical (unpaired) electrons. The van der Waals surface area contributed by atoms with Gasteiger partial charge in [-0.2, -0.15) is 0 Å². The third-order valence-corrected chi connectivity index (χ3v) is 0. The molecule has 0 aromatic heterocycles. The summed E-state index contributed by atoms with van der Waals surface area (Å²) in [6.07, 6.45) is 0. The van der Waals surface area contributed by atoms with Crippen molar-refractivity contribution < 1.29 is 13.0 Å². The van der Waals surface area contributed by atoms with E-state index in [9.17, 15) is 0 Å². The first-order valence-corrected chi connectivity index (χ1v) is 1.55. The van der Waals surface area contributed by atoms with Crippen LogP contribution in [-0.2, 0) is 19.4 Å². The smallest absolute Gasteiger partial charge is 0.439 e. The Labute approximate surface area is 51.3 Å². The van der Waals surface area contributed by atoms with Gasteiger partial charge in [0.1, 0.15) is 0 Å². The van der Waals surface area contributed by atoms with Gasteiger partial charge in [0.15, 0.2) is 0 Å². The molecule has 0 spiro atoms. The quantitative estimate of drug-likeness (QED) is 0.280. The molecule has 0 atom stereocenters. The van der Waals surface area contributed by atoms with Crippen molar-refractivity contribution in [3.8, 4) is 0 Å². The molecule has 0 aromatic carbocycles. The molecular formula is HO3STl. The van der Waals surface area contributed by atoms with Crippen molar-refractivity contribution in [1.82, 2.24) is 0 Å². The van der Waals surface area contributed by atoms with Crippen LogP contribution in [0.3, 0.4) is 0 Å². The Balaban J connectivity index is 0. The van der Waals surface area contributed by atoms with Gasteiger partial charge in [-0.25, -0.2) is 0 Å². The molecule has 0 heterocycles. The Kier molecular flexibility index (Phi) is 8.96. The van der Waals surface area contributed by atoms with E-state index in [1.807, 2.05) is 0 Å². The summed E-state index contributed by atoms with van der Waals surface area (Å²) in [7, 11) is -2.86. The van der Waals surface area contributed by atoms with Gasteiger partial charge in [0.25, 0.3) is 0 Å². The molecule has 0 rings (SSSR count). The van der Waals surface area contributed by atoms with Crippen molar-refractivity contribution in [2.75, 3.05) is 0 Å². The first kappa shape index (κ1) is 9.27. The van der Waals surface area contributed by atoms with E-state index in [4.69, 9.17) is 13.0 Å². The van der Waals surface area contributed by atoms with E-state index in [0.717, 1.165) is 0 Å². The molecule has 5 heteroatoms. The molecule has 0 aliphatic heterocycles. The topological polar surface area (TPSA) is 54.4 Å². The van der Waals surface area contributed by atoms with Crippen molar-refractivity contribution >= 4 is 38.3 Å². The first-order chi connectivity index (χ1) is 1.73. The first-order valence-electron chi connectivity index (χ1n) is 0.516. The van der Waals surface area contributed by atoms with Gasteiger partial charge in [0.2, 0.25) is 0 Å². The van der Waals surface area contributed by atoms with Gasteiger partial charge in [0, 0.05) is 11.0 Å². The molecule has 1 N–H and O–H groups in total. The summed E-state index contributed by atoms with van der Waals surface area (Å²) in [5.41, 5.74) is 0. The molecule has 3 nitrogen and oxygen atoms in total. The zero-order chi connectivity index (χ0) is 3.58. The molecule has 0 bridgehead atoms. The average molecular weight is 285 g/mol. The minimum Gasteiger partial charge on any atom is -0.439 e. The van der Waals surface area contributed by atoms with E-state index in [0.29, 0.717) is 0 Å². The Morgan fingerprint density at radius 1 is 1.40 bits per heavy atom. The fourth-order valence-electron chi connectivity index (χ4n) is 0. The van der Waals surface area contributed by atoms with Crippen molar-refractivity contribution in [1.29, 1.82) is 0 Å². The van der Waals surface area contributed by atoms with E-state index in [1.54, 1.807) is 0 Å². The van der Waals surface area contributed by atoms with Crippen molar-refractivity contribution in [2.45, 2.75) is 0 Å². The van der Waals surface area contributed by atoms with Gasteiger partial charge in [-0.05, 0) is 0 Å². The third kappa shape index (κ3) is 56.0. The van der Waals surface area contributed by atoms with Crippen LogP contribution in [0.25, 0.3) is 0 Å². The summed E-state index contributed by atoms with van der Waals surface area (Å²) >= 11 is 0. The number of hydrogen-bond donors (Lipinski definition) is 1. The fraction of sp³-hybridized carbons (Fsp3) is 0. The summed E-state index contributed by atoms with van der Waals surface area (Å²) < 4.78 is 24.1. The fourth-order valence-corrected chi connectivity index (χ4v) is 0. The minimum atomic E-state index is -2.86. The van der Waals surface area contributed by atoms with E-state index < -0.39 is 11.0 Å². The summed E-state index contributed by atoms with van der Waals surface area (Å²) in [6.45, 7) is 0. The maximum Gasteiger partial charge on any atom is 1.00 e. The van der Waals surface area contributed by atoms with Gasteiger partial charge in [-0.3, -0.25) is 0 Å². The minimum absolute atomic E-state index is 0. The molecule has 0 saturated heterocycles. The van der Waals surface area contributed by atoms with Crippen LogP contribution in [0.1, 0.15) is 0 Å². The molecule has 0 unspecified atom stereocenters. The van der Waals surface area contributed by atoms with Gasteiger partial charge in [-0.15, -0.1) is 0 Å². The summed E-state index contributed by atoms with van der Waals surface area (Å²) in [4.78, 5) is 0. The normalized spacial score (nSPS) is 6.80. The van der Waals surface area contributed by atoms with Crippen LogP contribution in [0.15, 0.2) is 0 Å². The molecular weight excluding hydrogens is 284 g/mol. The van der Waals surface area contributed by atoms with Crippen molar-refractivity contribution in [3.63, 3.8) is 0 Å².